The Morgan fingerprint density at radius 1 is 1.33 bits per heavy atom. The van der Waals surface area contributed by atoms with Crippen molar-refractivity contribution >= 4 is 0 Å². The van der Waals surface area contributed by atoms with E-state index in [4.69, 9.17) is 0 Å². The molecule has 21 heavy (non-hydrogen) atoms. The number of aliphatic hydroxyl groups excluding tert-OH is 1. The number of aromatic nitrogens is 3. The Hall–Kier alpha value is -1.96. The predicted octanol–water partition coefficient (Wildman–Crippen LogP) is 2.73. The molecule has 2 aromatic rings. The minimum absolute atomic E-state index is 0.00320. The summed E-state index contributed by atoms with van der Waals surface area (Å²) in [6.07, 6.45) is -4.72. The Balaban J connectivity index is 2.26. The molecule has 0 aliphatic carbocycles. The molecular weight excluding hydrogens is 290 g/mol. The van der Waals surface area contributed by atoms with Gasteiger partial charge in [-0.15, -0.1) is 0 Å². The molecule has 1 atom stereocenters. The van der Waals surface area contributed by atoms with Crippen molar-refractivity contribution in [2.45, 2.75) is 32.2 Å². The first-order valence-corrected chi connectivity index (χ1v) is 6.24. The number of halogens is 4. The number of hydrogen-bond acceptors (Lipinski definition) is 3. The van der Waals surface area contributed by atoms with Crippen LogP contribution in [0.25, 0.3) is 0 Å². The van der Waals surface area contributed by atoms with Crippen LogP contribution in [0.5, 0.6) is 0 Å². The third kappa shape index (κ3) is 3.38. The zero-order chi connectivity index (χ0) is 15.6. The van der Waals surface area contributed by atoms with E-state index in [2.05, 4.69) is 10.1 Å². The maximum atomic E-state index is 13.2. The van der Waals surface area contributed by atoms with Gasteiger partial charge in [0.2, 0.25) is 0 Å². The van der Waals surface area contributed by atoms with Gasteiger partial charge in [-0.1, -0.05) is 6.07 Å². The van der Waals surface area contributed by atoms with Gasteiger partial charge in [0.25, 0.3) is 0 Å². The van der Waals surface area contributed by atoms with Gasteiger partial charge < -0.3 is 5.11 Å². The van der Waals surface area contributed by atoms with Crippen LogP contribution in [0.1, 0.15) is 30.0 Å². The molecule has 1 heterocycles. The second kappa shape index (κ2) is 5.80. The van der Waals surface area contributed by atoms with Crippen LogP contribution in [-0.4, -0.2) is 19.9 Å². The van der Waals surface area contributed by atoms with Crippen LogP contribution >= 0.6 is 0 Å². The molecule has 4 nitrogen and oxygen atoms in total. The molecule has 0 saturated carbocycles. The second-order valence-corrected chi connectivity index (χ2v) is 4.45. The normalized spacial score (nSPS) is 13.4. The number of alkyl halides is 3. The molecule has 1 N–H and O–H groups in total. The molecule has 0 spiro atoms. The highest BCUT2D eigenvalue weighted by Crippen LogP contribution is 2.33. The van der Waals surface area contributed by atoms with E-state index in [1.165, 1.54) is 11.0 Å². The van der Waals surface area contributed by atoms with E-state index in [0.29, 0.717) is 24.5 Å². The van der Waals surface area contributed by atoms with E-state index < -0.39 is 23.7 Å². The highest BCUT2D eigenvalue weighted by Gasteiger charge is 2.34. The minimum atomic E-state index is -4.80. The fourth-order valence-corrected chi connectivity index (χ4v) is 1.97. The van der Waals surface area contributed by atoms with E-state index in [1.54, 1.807) is 0 Å². The lowest BCUT2D eigenvalue weighted by Gasteiger charge is -2.14. The Labute approximate surface area is 118 Å². The molecule has 114 valence electrons. The minimum Gasteiger partial charge on any atom is -0.388 e. The third-order valence-corrected chi connectivity index (χ3v) is 3.05. The molecule has 0 aliphatic heterocycles. The van der Waals surface area contributed by atoms with Gasteiger partial charge in [-0.05, 0) is 24.6 Å². The summed E-state index contributed by atoms with van der Waals surface area (Å²) in [6.45, 7) is 2.35. The monoisotopic (exact) mass is 303 g/mol. The standard InChI is InChI=1S/C13H13F4N3O/c1-2-20-12(18-7-19-20)6-11(21)8-3-4-10(14)9(5-8)13(15,16)17/h3-5,7,11,21H,2,6H2,1H3. The molecule has 0 fully saturated rings. The number of hydrogen-bond donors (Lipinski definition) is 1. The molecule has 1 aromatic carbocycles. The van der Waals surface area contributed by atoms with Crippen LogP contribution in [0, 0.1) is 5.82 Å². The van der Waals surface area contributed by atoms with Gasteiger partial charge in [0, 0.05) is 13.0 Å². The number of nitrogens with zero attached hydrogens (tertiary/aromatic N) is 3. The van der Waals surface area contributed by atoms with Gasteiger partial charge in [-0.3, -0.25) is 4.68 Å². The van der Waals surface area contributed by atoms with Crippen molar-refractivity contribution in [3.8, 4) is 0 Å². The lowest BCUT2D eigenvalue weighted by atomic mass is 10.0. The van der Waals surface area contributed by atoms with Crippen LogP contribution in [0.2, 0.25) is 0 Å². The molecule has 1 unspecified atom stereocenters. The maximum Gasteiger partial charge on any atom is 0.419 e. The van der Waals surface area contributed by atoms with Gasteiger partial charge in [0.15, 0.2) is 0 Å². The van der Waals surface area contributed by atoms with Crippen LogP contribution in [0.4, 0.5) is 17.6 Å². The molecule has 8 heteroatoms. The third-order valence-electron chi connectivity index (χ3n) is 3.05. The largest absolute Gasteiger partial charge is 0.419 e. The average molecular weight is 303 g/mol. The average Bonchev–Trinajstić information content (AvgIpc) is 2.85. The summed E-state index contributed by atoms with van der Waals surface area (Å²) in [5.74, 6) is -0.918. The lowest BCUT2D eigenvalue weighted by Crippen LogP contribution is -2.12. The first kappa shape index (κ1) is 15.4. The molecule has 1 aromatic heterocycles. The number of rotatable bonds is 4. The van der Waals surface area contributed by atoms with E-state index in [1.807, 2.05) is 6.92 Å². The second-order valence-electron chi connectivity index (χ2n) is 4.45. The van der Waals surface area contributed by atoms with E-state index >= 15 is 0 Å². The SMILES string of the molecule is CCn1ncnc1CC(O)c1ccc(F)c(C(F)(F)F)c1. The zero-order valence-corrected chi connectivity index (χ0v) is 11.1. The summed E-state index contributed by atoms with van der Waals surface area (Å²) in [4.78, 5) is 3.94. The highest BCUT2D eigenvalue weighted by molar-refractivity contribution is 5.29. The van der Waals surface area contributed by atoms with Gasteiger partial charge >= 0.3 is 6.18 Å². The quantitative estimate of drug-likeness (QED) is 0.884. The smallest absolute Gasteiger partial charge is 0.388 e. The van der Waals surface area contributed by atoms with Crippen molar-refractivity contribution in [2.24, 2.45) is 0 Å². The Bertz CT molecular complexity index is 624. The van der Waals surface area contributed by atoms with E-state index in [0.717, 1.165) is 6.07 Å². The van der Waals surface area contributed by atoms with Gasteiger partial charge in [0.1, 0.15) is 18.0 Å². The first-order valence-electron chi connectivity index (χ1n) is 6.24. The summed E-state index contributed by atoms with van der Waals surface area (Å²) in [7, 11) is 0. The summed E-state index contributed by atoms with van der Waals surface area (Å²) < 4.78 is 52.6. The summed E-state index contributed by atoms with van der Waals surface area (Å²) >= 11 is 0. The molecular formula is C13H13F4N3O. The molecule has 0 radical (unpaired) electrons. The first-order chi connectivity index (χ1) is 9.82. The van der Waals surface area contributed by atoms with Crippen LogP contribution < -0.4 is 0 Å². The van der Waals surface area contributed by atoms with Crippen molar-refractivity contribution in [3.63, 3.8) is 0 Å². The zero-order valence-electron chi connectivity index (χ0n) is 11.1. The molecule has 0 saturated heterocycles. The summed E-state index contributed by atoms with van der Waals surface area (Å²) in [5, 5.41) is 13.9. The Kier molecular flexibility index (Phi) is 4.26. The van der Waals surface area contributed by atoms with Crippen molar-refractivity contribution in [1.82, 2.24) is 14.8 Å². The Morgan fingerprint density at radius 2 is 2.05 bits per heavy atom. The number of benzene rings is 1. The number of aryl methyl sites for hydroxylation is 1. The topological polar surface area (TPSA) is 50.9 Å². The maximum absolute atomic E-state index is 13.2. The molecule has 0 amide bonds. The van der Waals surface area contributed by atoms with Crippen molar-refractivity contribution < 1.29 is 22.7 Å². The van der Waals surface area contributed by atoms with Crippen LogP contribution in [0.3, 0.4) is 0 Å². The van der Waals surface area contributed by atoms with Gasteiger partial charge in [0.05, 0.1) is 11.7 Å². The van der Waals surface area contributed by atoms with Crippen molar-refractivity contribution in [2.75, 3.05) is 0 Å². The summed E-state index contributed by atoms with van der Waals surface area (Å²) in [6, 6.07) is 2.44. The predicted molar refractivity (Wildman–Crippen MR) is 65.8 cm³/mol. The molecule has 0 aliphatic rings. The summed E-state index contributed by atoms with van der Waals surface area (Å²) in [5.41, 5.74) is -1.41. The molecule has 2 rings (SSSR count). The van der Waals surface area contributed by atoms with Crippen molar-refractivity contribution in [3.05, 3.63) is 47.3 Å². The fourth-order valence-electron chi connectivity index (χ4n) is 1.97. The van der Waals surface area contributed by atoms with Crippen molar-refractivity contribution in [1.29, 1.82) is 0 Å². The number of aliphatic hydroxyl groups is 1. The Morgan fingerprint density at radius 3 is 2.67 bits per heavy atom. The molecule has 0 bridgehead atoms. The van der Waals surface area contributed by atoms with Crippen LogP contribution in [-0.2, 0) is 19.1 Å². The highest BCUT2D eigenvalue weighted by atomic mass is 19.4. The van der Waals surface area contributed by atoms with E-state index in [-0.39, 0.29) is 12.0 Å². The van der Waals surface area contributed by atoms with E-state index in [9.17, 15) is 22.7 Å². The fraction of sp³-hybridized carbons (Fsp3) is 0.385. The lowest BCUT2D eigenvalue weighted by molar-refractivity contribution is -0.140. The van der Waals surface area contributed by atoms with Gasteiger partial charge in [-0.2, -0.15) is 18.3 Å². The van der Waals surface area contributed by atoms with Gasteiger partial charge in [-0.25, -0.2) is 9.37 Å². The van der Waals surface area contributed by atoms with Crippen LogP contribution in [0.15, 0.2) is 24.5 Å².